The van der Waals surface area contributed by atoms with Gasteiger partial charge in [0.2, 0.25) is 0 Å². The van der Waals surface area contributed by atoms with E-state index in [1.165, 1.54) is 0 Å². The summed E-state index contributed by atoms with van der Waals surface area (Å²) in [5.74, 6) is -0.226. The molecular weight excluding hydrogens is 270 g/mol. The number of hydrogen-bond donors (Lipinski definition) is 1. The van der Waals surface area contributed by atoms with E-state index in [9.17, 15) is 4.79 Å². The zero-order chi connectivity index (χ0) is 15.2. The van der Waals surface area contributed by atoms with Crippen LogP contribution in [-0.4, -0.2) is 54.4 Å². The van der Waals surface area contributed by atoms with Crippen LogP contribution < -0.4 is 4.74 Å². The summed E-state index contributed by atoms with van der Waals surface area (Å²) in [5.41, 5.74) is 0.696. The average Bonchev–Trinajstić information content (AvgIpc) is 2.46. The molecule has 0 aliphatic carbocycles. The lowest BCUT2D eigenvalue weighted by Crippen LogP contribution is -2.47. The molecule has 1 aromatic carbocycles. The van der Waals surface area contributed by atoms with E-state index >= 15 is 0 Å². The number of ether oxygens (including phenoxy) is 2. The zero-order valence-corrected chi connectivity index (χ0v) is 12.6. The van der Waals surface area contributed by atoms with Crippen LogP contribution >= 0.6 is 0 Å². The Morgan fingerprint density at radius 1 is 1.48 bits per heavy atom. The van der Waals surface area contributed by atoms with Gasteiger partial charge in [-0.3, -0.25) is 9.69 Å². The van der Waals surface area contributed by atoms with Gasteiger partial charge < -0.3 is 14.6 Å². The molecule has 1 N–H and O–H groups in total. The van der Waals surface area contributed by atoms with Crippen molar-refractivity contribution in [3.8, 4) is 5.75 Å². The second-order valence-corrected chi connectivity index (χ2v) is 5.57. The zero-order valence-electron chi connectivity index (χ0n) is 12.6. The second-order valence-electron chi connectivity index (χ2n) is 5.57. The van der Waals surface area contributed by atoms with Crippen LogP contribution in [0.3, 0.4) is 0 Å². The highest BCUT2D eigenvalue weighted by Crippen LogP contribution is 2.19. The third-order valence-electron chi connectivity index (χ3n) is 3.64. The number of benzene rings is 1. The topological polar surface area (TPSA) is 59.0 Å². The molecule has 1 heterocycles. The number of carboxylic acid groups (broad SMARTS) is 1. The van der Waals surface area contributed by atoms with E-state index < -0.39 is 5.97 Å². The van der Waals surface area contributed by atoms with Gasteiger partial charge in [-0.05, 0) is 19.9 Å². The quantitative estimate of drug-likeness (QED) is 0.866. The number of hydrogen-bond acceptors (Lipinski definition) is 4. The van der Waals surface area contributed by atoms with Crippen molar-refractivity contribution in [2.45, 2.75) is 32.4 Å². The summed E-state index contributed by atoms with van der Waals surface area (Å²) in [6.45, 7) is 7.29. The molecule has 1 aromatic rings. The van der Waals surface area contributed by atoms with Gasteiger partial charge in [0, 0.05) is 24.7 Å². The summed E-state index contributed by atoms with van der Waals surface area (Å²) in [5, 5.41) is 8.92. The van der Waals surface area contributed by atoms with Gasteiger partial charge in [-0.15, -0.1) is 0 Å². The van der Waals surface area contributed by atoms with Crippen LogP contribution in [0.1, 0.15) is 19.4 Å². The van der Waals surface area contributed by atoms with Gasteiger partial charge in [0.25, 0.3) is 0 Å². The smallest absolute Gasteiger partial charge is 0.307 e. The van der Waals surface area contributed by atoms with Crippen LogP contribution in [0.25, 0.3) is 0 Å². The highest BCUT2D eigenvalue weighted by Gasteiger charge is 2.23. The summed E-state index contributed by atoms with van der Waals surface area (Å²) in [7, 11) is 0. The molecule has 1 unspecified atom stereocenters. The molecule has 0 aromatic heterocycles. The van der Waals surface area contributed by atoms with Gasteiger partial charge in [-0.25, -0.2) is 0 Å². The maximum atomic E-state index is 10.9. The fourth-order valence-electron chi connectivity index (χ4n) is 2.45. The number of carbonyl (C=O) groups is 1. The van der Waals surface area contributed by atoms with Gasteiger partial charge in [0.15, 0.2) is 0 Å². The summed E-state index contributed by atoms with van der Waals surface area (Å²) >= 11 is 0. The molecule has 116 valence electrons. The Hall–Kier alpha value is -1.59. The van der Waals surface area contributed by atoms with E-state index in [0.29, 0.717) is 30.6 Å². The van der Waals surface area contributed by atoms with Crippen molar-refractivity contribution in [3.63, 3.8) is 0 Å². The molecule has 0 radical (unpaired) electrons. The number of rotatable bonds is 6. The molecule has 5 nitrogen and oxygen atoms in total. The molecule has 1 atom stereocenters. The molecule has 2 rings (SSSR count). The summed E-state index contributed by atoms with van der Waals surface area (Å²) in [4.78, 5) is 13.2. The highest BCUT2D eigenvalue weighted by atomic mass is 16.5. The number of morpholine rings is 1. The van der Waals surface area contributed by atoms with E-state index in [1.807, 2.05) is 12.1 Å². The first-order valence-corrected chi connectivity index (χ1v) is 7.34. The maximum absolute atomic E-state index is 10.9. The van der Waals surface area contributed by atoms with Gasteiger partial charge in [-0.2, -0.15) is 0 Å². The maximum Gasteiger partial charge on any atom is 0.307 e. The van der Waals surface area contributed by atoms with Crippen LogP contribution in [0.15, 0.2) is 24.3 Å². The predicted molar refractivity (Wildman–Crippen MR) is 79.7 cm³/mol. The van der Waals surface area contributed by atoms with E-state index in [2.05, 4.69) is 18.7 Å². The molecule has 1 aliphatic rings. The third-order valence-corrected chi connectivity index (χ3v) is 3.64. The van der Waals surface area contributed by atoms with Gasteiger partial charge in [-0.1, -0.05) is 18.2 Å². The average molecular weight is 293 g/mol. The fraction of sp³-hybridized carbons (Fsp3) is 0.562. The normalized spacial score (nSPS) is 19.7. The minimum atomic E-state index is -0.856. The van der Waals surface area contributed by atoms with Crippen LogP contribution in [0, 0.1) is 0 Å². The predicted octanol–water partition coefficient (Wildman–Crippen LogP) is 1.80. The largest absolute Gasteiger partial charge is 0.491 e. The molecule has 0 bridgehead atoms. The molecule has 5 heteroatoms. The fourth-order valence-corrected chi connectivity index (χ4v) is 2.45. The van der Waals surface area contributed by atoms with E-state index in [0.717, 1.165) is 13.1 Å². The molecule has 1 saturated heterocycles. The first-order valence-electron chi connectivity index (χ1n) is 7.34. The SMILES string of the molecule is CC(C)N1CCOC(COc2ccccc2CC(=O)O)C1. The lowest BCUT2D eigenvalue weighted by atomic mass is 10.1. The van der Waals surface area contributed by atoms with E-state index in [4.69, 9.17) is 14.6 Å². The number of carboxylic acids is 1. The Labute approximate surface area is 125 Å². The molecular formula is C16H23NO4. The number of para-hydroxylation sites is 1. The minimum Gasteiger partial charge on any atom is -0.491 e. The van der Waals surface area contributed by atoms with E-state index in [-0.39, 0.29) is 12.5 Å². The van der Waals surface area contributed by atoms with Crippen molar-refractivity contribution in [3.05, 3.63) is 29.8 Å². The summed E-state index contributed by atoms with van der Waals surface area (Å²) in [6, 6.07) is 7.76. The van der Waals surface area contributed by atoms with Gasteiger partial charge in [0.05, 0.1) is 13.0 Å². The van der Waals surface area contributed by atoms with Gasteiger partial charge in [0.1, 0.15) is 18.5 Å². The van der Waals surface area contributed by atoms with Crippen molar-refractivity contribution in [2.75, 3.05) is 26.3 Å². The number of aliphatic carboxylic acids is 1. The number of nitrogens with zero attached hydrogens (tertiary/aromatic N) is 1. The summed E-state index contributed by atoms with van der Waals surface area (Å²) < 4.78 is 11.5. The van der Waals surface area contributed by atoms with Crippen LogP contribution in [0.5, 0.6) is 5.75 Å². The Balaban J connectivity index is 1.92. The van der Waals surface area contributed by atoms with Crippen molar-refractivity contribution in [1.29, 1.82) is 0 Å². The lowest BCUT2D eigenvalue weighted by Gasteiger charge is -2.35. The minimum absolute atomic E-state index is 0.0269. The van der Waals surface area contributed by atoms with Crippen LogP contribution in [-0.2, 0) is 16.0 Å². The Kier molecular flexibility index (Phi) is 5.59. The second kappa shape index (κ2) is 7.43. The summed E-state index contributed by atoms with van der Waals surface area (Å²) in [6.07, 6.45) is -0.00108. The Morgan fingerprint density at radius 2 is 2.24 bits per heavy atom. The van der Waals surface area contributed by atoms with Crippen molar-refractivity contribution in [1.82, 2.24) is 4.90 Å². The standard InChI is InChI=1S/C16H23NO4/c1-12(2)17-7-8-20-14(10-17)11-21-15-6-4-3-5-13(15)9-16(18)19/h3-6,12,14H,7-11H2,1-2H3,(H,18,19). The highest BCUT2D eigenvalue weighted by molar-refractivity contribution is 5.71. The van der Waals surface area contributed by atoms with Crippen LogP contribution in [0.2, 0.25) is 0 Å². The molecule has 0 spiro atoms. The van der Waals surface area contributed by atoms with Crippen LogP contribution in [0.4, 0.5) is 0 Å². The monoisotopic (exact) mass is 293 g/mol. The van der Waals surface area contributed by atoms with Gasteiger partial charge >= 0.3 is 5.97 Å². The first kappa shape index (κ1) is 15.8. The molecule has 0 amide bonds. The van der Waals surface area contributed by atoms with Crippen molar-refractivity contribution >= 4 is 5.97 Å². The molecule has 1 aliphatic heterocycles. The molecule has 21 heavy (non-hydrogen) atoms. The van der Waals surface area contributed by atoms with Crippen molar-refractivity contribution < 1.29 is 19.4 Å². The third kappa shape index (κ3) is 4.72. The first-order chi connectivity index (χ1) is 10.1. The lowest BCUT2D eigenvalue weighted by molar-refractivity contribution is -0.136. The Bertz CT molecular complexity index is 475. The van der Waals surface area contributed by atoms with E-state index in [1.54, 1.807) is 12.1 Å². The van der Waals surface area contributed by atoms with Crippen molar-refractivity contribution in [2.24, 2.45) is 0 Å². The molecule has 1 fully saturated rings. The molecule has 0 saturated carbocycles. The Morgan fingerprint density at radius 3 is 2.95 bits per heavy atom.